The predicted octanol–water partition coefficient (Wildman–Crippen LogP) is 2.64. The van der Waals surface area contributed by atoms with Crippen LogP contribution < -0.4 is 15.1 Å². The number of ether oxygens (including phenoxy) is 2. The summed E-state index contributed by atoms with van der Waals surface area (Å²) in [5, 5.41) is 2.82. The Kier molecular flexibility index (Phi) is 6.41. The van der Waals surface area contributed by atoms with Crippen LogP contribution in [0.1, 0.15) is 18.1 Å². The molecule has 8 heteroatoms. The number of amides is 3. The Morgan fingerprint density at radius 2 is 1.94 bits per heavy atom. The molecule has 32 heavy (non-hydrogen) atoms. The van der Waals surface area contributed by atoms with Gasteiger partial charge in [-0.1, -0.05) is 37.3 Å². The summed E-state index contributed by atoms with van der Waals surface area (Å²) in [5.74, 6) is -0.510. The third-order valence-corrected chi connectivity index (χ3v) is 5.92. The van der Waals surface area contributed by atoms with E-state index < -0.39 is 6.09 Å². The first kappa shape index (κ1) is 21.8. The molecule has 8 nitrogen and oxygen atoms in total. The van der Waals surface area contributed by atoms with Gasteiger partial charge < -0.3 is 24.6 Å². The molecule has 168 valence electrons. The van der Waals surface area contributed by atoms with Crippen molar-refractivity contribution >= 4 is 29.3 Å². The van der Waals surface area contributed by atoms with Crippen molar-refractivity contribution in [1.82, 2.24) is 5.32 Å². The van der Waals surface area contributed by atoms with Gasteiger partial charge in [0.25, 0.3) is 5.91 Å². The fourth-order valence-corrected chi connectivity index (χ4v) is 4.07. The Hall–Kier alpha value is -3.39. The number of hydrogen-bond acceptors (Lipinski definition) is 5. The lowest BCUT2D eigenvalue weighted by Gasteiger charge is -2.29. The minimum atomic E-state index is -0.544. The number of morpholine rings is 1. The van der Waals surface area contributed by atoms with Gasteiger partial charge in [0.1, 0.15) is 13.2 Å². The summed E-state index contributed by atoms with van der Waals surface area (Å²) in [6.07, 6.45) is -0.544. The lowest BCUT2D eigenvalue weighted by atomic mass is 10.1. The van der Waals surface area contributed by atoms with E-state index in [0.29, 0.717) is 19.7 Å². The van der Waals surface area contributed by atoms with E-state index in [1.165, 1.54) is 0 Å². The van der Waals surface area contributed by atoms with E-state index in [2.05, 4.69) is 5.32 Å². The molecule has 3 amide bonds. The number of hydrogen-bond donors (Lipinski definition) is 1. The Morgan fingerprint density at radius 1 is 1.16 bits per heavy atom. The SMILES string of the molecule is Cc1cc(N2C[C@H](NC(=O)OCc3ccccc3)[C@@H](C)C2=O)ccc1N1CCOCC1=O. The molecule has 0 bridgehead atoms. The molecule has 0 saturated carbocycles. The maximum atomic E-state index is 12.9. The number of nitrogens with zero attached hydrogens (tertiary/aromatic N) is 2. The summed E-state index contributed by atoms with van der Waals surface area (Å²) < 4.78 is 10.5. The first-order valence-corrected chi connectivity index (χ1v) is 10.7. The van der Waals surface area contributed by atoms with E-state index in [1.54, 1.807) is 16.7 Å². The number of aryl methyl sites for hydroxylation is 1. The highest BCUT2D eigenvalue weighted by molar-refractivity contribution is 5.99. The summed E-state index contributed by atoms with van der Waals surface area (Å²) in [6, 6.07) is 14.7. The number of anilines is 2. The molecular weight excluding hydrogens is 410 g/mol. The molecule has 4 rings (SSSR count). The van der Waals surface area contributed by atoms with Crippen molar-refractivity contribution in [1.29, 1.82) is 0 Å². The van der Waals surface area contributed by atoms with Crippen molar-refractivity contribution in [3.05, 3.63) is 59.7 Å². The zero-order chi connectivity index (χ0) is 22.7. The summed E-state index contributed by atoms with van der Waals surface area (Å²) in [5.41, 5.74) is 3.36. The minimum absolute atomic E-state index is 0.0621. The number of alkyl carbamates (subject to hydrolysis) is 1. The smallest absolute Gasteiger partial charge is 0.407 e. The number of carbonyl (C=O) groups excluding carboxylic acids is 3. The standard InChI is InChI=1S/C24H27N3O5/c1-16-12-19(8-9-21(16)26-10-11-31-15-22(26)28)27-13-20(17(2)23(27)29)25-24(30)32-14-18-6-4-3-5-7-18/h3-9,12,17,20H,10-11,13-15H2,1-2H3,(H,25,30)/t17-,20+/m1/s1. The molecule has 2 aliphatic heterocycles. The molecule has 0 aromatic heterocycles. The van der Waals surface area contributed by atoms with Crippen LogP contribution in [0.3, 0.4) is 0 Å². The van der Waals surface area contributed by atoms with Crippen LogP contribution in [0.4, 0.5) is 16.2 Å². The lowest BCUT2D eigenvalue weighted by molar-refractivity contribution is -0.125. The van der Waals surface area contributed by atoms with Crippen molar-refractivity contribution in [2.45, 2.75) is 26.5 Å². The first-order chi connectivity index (χ1) is 15.4. The van der Waals surface area contributed by atoms with E-state index in [9.17, 15) is 14.4 Å². The first-order valence-electron chi connectivity index (χ1n) is 10.7. The molecule has 2 aromatic carbocycles. The van der Waals surface area contributed by atoms with Gasteiger partial charge in [0.05, 0.1) is 18.6 Å². The van der Waals surface area contributed by atoms with Crippen LogP contribution in [0, 0.1) is 12.8 Å². The van der Waals surface area contributed by atoms with Crippen molar-refractivity contribution in [2.75, 3.05) is 36.1 Å². The normalized spacial score (nSPS) is 21.1. The average molecular weight is 437 g/mol. The topological polar surface area (TPSA) is 88.2 Å². The van der Waals surface area contributed by atoms with Gasteiger partial charge in [-0.05, 0) is 36.2 Å². The molecule has 0 spiro atoms. The molecule has 2 heterocycles. The second-order valence-corrected chi connectivity index (χ2v) is 8.12. The molecule has 0 unspecified atom stereocenters. The maximum absolute atomic E-state index is 12.9. The molecule has 0 radical (unpaired) electrons. The average Bonchev–Trinajstić information content (AvgIpc) is 3.07. The third kappa shape index (κ3) is 4.60. The van der Waals surface area contributed by atoms with Crippen molar-refractivity contribution in [3.8, 4) is 0 Å². The zero-order valence-corrected chi connectivity index (χ0v) is 18.2. The summed E-state index contributed by atoms with van der Waals surface area (Å²) in [7, 11) is 0. The molecular formula is C24H27N3O5. The van der Waals surface area contributed by atoms with Gasteiger partial charge in [-0.3, -0.25) is 9.59 Å². The summed E-state index contributed by atoms with van der Waals surface area (Å²) in [4.78, 5) is 40.7. The second-order valence-electron chi connectivity index (χ2n) is 8.12. The predicted molar refractivity (Wildman–Crippen MR) is 119 cm³/mol. The van der Waals surface area contributed by atoms with E-state index in [4.69, 9.17) is 9.47 Å². The Morgan fingerprint density at radius 3 is 2.66 bits per heavy atom. The zero-order valence-electron chi connectivity index (χ0n) is 18.2. The highest BCUT2D eigenvalue weighted by Gasteiger charge is 2.39. The van der Waals surface area contributed by atoms with Gasteiger partial charge in [0.15, 0.2) is 0 Å². The van der Waals surface area contributed by atoms with E-state index >= 15 is 0 Å². The van der Waals surface area contributed by atoms with Crippen molar-refractivity contribution in [3.63, 3.8) is 0 Å². The van der Waals surface area contributed by atoms with Crippen LogP contribution in [-0.2, 0) is 25.7 Å². The monoisotopic (exact) mass is 437 g/mol. The number of carbonyl (C=O) groups is 3. The van der Waals surface area contributed by atoms with E-state index in [-0.39, 0.29) is 37.0 Å². The minimum Gasteiger partial charge on any atom is -0.445 e. The highest BCUT2D eigenvalue weighted by atomic mass is 16.5. The van der Waals surface area contributed by atoms with Gasteiger partial charge in [-0.15, -0.1) is 0 Å². The largest absolute Gasteiger partial charge is 0.445 e. The van der Waals surface area contributed by atoms with Crippen molar-refractivity contribution in [2.24, 2.45) is 5.92 Å². The van der Waals surface area contributed by atoms with Crippen LogP contribution >= 0.6 is 0 Å². The molecule has 1 N–H and O–H groups in total. The Labute approximate surface area is 187 Å². The highest BCUT2D eigenvalue weighted by Crippen LogP contribution is 2.30. The molecule has 2 aromatic rings. The van der Waals surface area contributed by atoms with Crippen LogP contribution in [-0.4, -0.2) is 50.3 Å². The number of nitrogens with one attached hydrogen (secondary N) is 1. The third-order valence-electron chi connectivity index (χ3n) is 5.92. The maximum Gasteiger partial charge on any atom is 0.407 e. The molecule has 0 aliphatic carbocycles. The van der Waals surface area contributed by atoms with Gasteiger partial charge in [-0.25, -0.2) is 4.79 Å². The second kappa shape index (κ2) is 9.40. The Bertz CT molecular complexity index is 1010. The molecule has 2 fully saturated rings. The quantitative estimate of drug-likeness (QED) is 0.777. The lowest BCUT2D eigenvalue weighted by Crippen LogP contribution is -2.42. The van der Waals surface area contributed by atoms with E-state index in [1.807, 2.05) is 55.5 Å². The Balaban J connectivity index is 1.40. The van der Waals surface area contributed by atoms with Gasteiger partial charge in [0.2, 0.25) is 5.91 Å². The van der Waals surface area contributed by atoms with Crippen LogP contribution in [0.5, 0.6) is 0 Å². The molecule has 2 saturated heterocycles. The van der Waals surface area contributed by atoms with Crippen LogP contribution in [0.15, 0.2) is 48.5 Å². The number of rotatable bonds is 5. The van der Waals surface area contributed by atoms with Crippen LogP contribution in [0.25, 0.3) is 0 Å². The van der Waals surface area contributed by atoms with Gasteiger partial charge in [-0.2, -0.15) is 0 Å². The molecule has 2 aliphatic rings. The van der Waals surface area contributed by atoms with Crippen LogP contribution in [0.2, 0.25) is 0 Å². The summed E-state index contributed by atoms with van der Waals surface area (Å²) >= 11 is 0. The molecule has 2 atom stereocenters. The fraction of sp³-hybridized carbons (Fsp3) is 0.375. The van der Waals surface area contributed by atoms with Gasteiger partial charge >= 0.3 is 6.09 Å². The van der Waals surface area contributed by atoms with Crippen molar-refractivity contribution < 1.29 is 23.9 Å². The fourth-order valence-electron chi connectivity index (χ4n) is 4.07. The summed E-state index contributed by atoms with van der Waals surface area (Å²) in [6.45, 7) is 5.35. The number of benzene rings is 2. The van der Waals surface area contributed by atoms with Gasteiger partial charge in [0, 0.05) is 24.5 Å². The van der Waals surface area contributed by atoms with E-state index in [0.717, 1.165) is 22.5 Å².